The van der Waals surface area contributed by atoms with Crippen molar-refractivity contribution in [1.82, 2.24) is 10.2 Å². The number of rotatable bonds is 11. The summed E-state index contributed by atoms with van der Waals surface area (Å²) in [5.41, 5.74) is 2.73. The van der Waals surface area contributed by atoms with E-state index in [-0.39, 0.29) is 36.7 Å². The van der Waals surface area contributed by atoms with Crippen LogP contribution in [0.15, 0.2) is 54.6 Å². The summed E-state index contributed by atoms with van der Waals surface area (Å²) in [4.78, 5) is 39.4. The van der Waals surface area contributed by atoms with Crippen LogP contribution in [0.2, 0.25) is 0 Å². The lowest BCUT2D eigenvalue weighted by Gasteiger charge is -2.27. The van der Waals surface area contributed by atoms with E-state index >= 15 is 0 Å². The fourth-order valence-corrected chi connectivity index (χ4v) is 3.32. The van der Waals surface area contributed by atoms with E-state index in [1.807, 2.05) is 75.4 Å². The maximum absolute atomic E-state index is 13.2. The molecule has 166 valence electrons. The van der Waals surface area contributed by atoms with E-state index in [1.54, 1.807) is 4.90 Å². The lowest BCUT2D eigenvalue weighted by Crippen LogP contribution is -2.44. The van der Waals surface area contributed by atoms with Gasteiger partial charge in [-0.05, 0) is 37.5 Å². The first-order valence-corrected chi connectivity index (χ1v) is 10.9. The molecule has 2 aromatic carbocycles. The van der Waals surface area contributed by atoms with Gasteiger partial charge in [0.2, 0.25) is 17.7 Å². The van der Waals surface area contributed by atoms with Gasteiger partial charge in [0.05, 0.1) is 19.0 Å². The Morgan fingerprint density at radius 2 is 1.61 bits per heavy atom. The monoisotopic (exact) mass is 423 g/mol. The molecule has 0 aromatic heterocycles. The predicted molar refractivity (Wildman–Crippen MR) is 124 cm³/mol. The lowest BCUT2D eigenvalue weighted by atomic mass is 9.95. The summed E-state index contributed by atoms with van der Waals surface area (Å²) in [6.07, 6.45) is 2.40. The van der Waals surface area contributed by atoms with Crippen molar-refractivity contribution >= 4 is 23.4 Å². The highest BCUT2D eigenvalue weighted by Crippen LogP contribution is 2.22. The second kappa shape index (κ2) is 12.5. The molecule has 0 bridgehead atoms. The maximum atomic E-state index is 13.2. The van der Waals surface area contributed by atoms with E-state index in [1.165, 1.54) is 0 Å². The molecule has 1 atom stereocenters. The van der Waals surface area contributed by atoms with Gasteiger partial charge < -0.3 is 15.5 Å². The molecule has 3 amide bonds. The Hall–Kier alpha value is -3.15. The van der Waals surface area contributed by atoms with Crippen LogP contribution in [0.3, 0.4) is 0 Å². The SMILES string of the molecule is CCCCN(CC(=O)NCC(=O)Nc1ccc(C)cc1)C(=O)[C@H](CC)c1ccccc1. The molecule has 2 rings (SSSR count). The first kappa shape index (κ1) is 24.1. The van der Waals surface area contributed by atoms with Gasteiger partial charge in [0.25, 0.3) is 0 Å². The third-order valence-electron chi connectivity index (χ3n) is 5.12. The van der Waals surface area contributed by atoms with Crippen molar-refractivity contribution in [3.8, 4) is 0 Å². The van der Waals surface area contributed by atoms with E-state index in [0.717, 1.165) is 24.0 Å². The number of nitrogens with one attached hydrogen (secondary N) is 2. The summed E-state index contributed by atoms with van der Waals surface area (Å²) < 4.78 is 0. The fraction of sp³-hybridized carbons (Fsp3) is 0.400. The zero-order valence-corrected chi connectivity index (χ0v) is 18.7. The number of amides is 3. The number of aryl methyl sites for hydroxylation is 1. The van der Waals surface area contributed by atoms with E-state index in [9.17, 15) is 14.4 Å². The average molecular weight is 424 g/mol. The van der Waals surface area contributed by atoms with Crippen molar-refractivity contribution < 1.29 is 14.4 Å². The van der Waals surface area contributed by atoms with E-state index in [2.05, 4.69) is 10.6 Å². The number of anilines is 1. The van der Waals surface area contributed by atoms with Crippen LogP contribution in [0.1, 0.15) is 50.2 Å². The number of benzene rings is 2. The summed E-state index contributed by atoms with van der Waals surface area (Å²) in [7, 11) is 0. The number of hydrogen-bond donors (Lipinski definition) is 2. The zero-order valence-electron chi connectivity index (χ0n) is 18.7. The van der Waals surface area contributed by atoms with Crippen LogP contribution in [-0.4, -0.2) is 42.3 Å². The van der Waals surface area contributed by atoms with Crippen LogP contribution in [0, 0.1) is 6.92 Å². The number of carbonyl (C=O) groups is 3. The molecule has 0 aliphatic heterocycles. The predicted octanol–water partition coefficient (Wildman–Crippen LogP) is 3.87. The first-order chi connectivity index (χ1) is 14.9. The Kier molecular flexibility index (Phi) is 9.75. The summed E-state index contributed by atoms with van der Waals surface area (Å²) in [5, 5.41) is 5.38. The molecule has 0 heterocycles. The van der Waals surface area contributed by atoms with Crippen LogP contribution in [0.25, 0.3) is 0 Å². The summed E-state index contributed by atoms with van der Waals surface area (Å²) in [6, 6.07) is 17.1. The number of unbranched alkanes of at least 4 members (excludes halogenated alkanes) is 1. The van der Waals surface area contributed by atoms with Crippen LogP contribution in [0.4, 0.5) is 5.69 Å². The molecule has 6 nitrogen and oxygen atoms in total. The van der Waals surface area contributed by atoms with Gasteiger partial charge in [0.15, 0.2) is 0 Å². The average Bonchev–Trinajstić information content (AvgIpc) is 2.78. The van der Waals surface area contributed by atoms with Gasteiger partial charge in [0, 0.05) is 12.2 Å². The molecule has 0 aliphatic rings. The second-order valence-electron chi connectivity index (χ2n) is 7.68. The molecule has 0 saturated heterocycles. The molecule has 0 spiro atoms. The van der Waals surface area contributed by atoms with Gasteiger partial charge in [-0.1, -0.05) is 68.3 Å². The molecule has 0 saturated carbocycles. The highest BCUT2D eigenvalue weighted by atomic mass is 16.2. The smallest absolute Gasteiger partial charge is 0.243 e. The van der Waals surface area contributed by atoms with Crippen LogP contribution < -0.4 is 10.6 Å². The maximum Gasteiger partial charge on any atom is 0.243 e. The van der Waals surface area contributed by atoms with Crippen LogP contribution >= 0.6 is 0 Å². The normalized spacial score (nSPS) is 11.5. The molecule has 6 heteroatoms. The molecule has 0 aliphatic carbocycles. The molecule has 0 unspecified atom stereocenters. The van der Waals surface area contributed by atoms with Crippen molar-refractivity contribution in [2.75, 3.05) is 25.0 Å². The van der Waals surface area contributed by atoms with Crippen LogP contribution in [-0.2, 0) is 14.4 Å². The largest absolute Gasteiger partial charge is 0.345 e. The standard InChI is InChI=1S/C25H33N3O3/c1-4-6-16-28(25(31)22(5-2)20-10-8-7-9-11-20)18-24(30)26-17-23(29)27-21-14-12-19(3)13-15-21/h7-15,22H,4-6,16-18H2,1-3H3,(H,26,30)(H,27,29)/t22-/m1/s1. The summed E-state index contributed by atoms with van der Waals surface area (Å²) in [5.74, 6) is -0.983. The minimum atomic E-state index is -0.341. The minimum absolute atomic E-state index is 0.0543. The number of nitrogens with zero attached hydrogens (tertiary/aromatic N) is 1. The second-order valence-corrected chi connectivity index (χ2v) is 7.68. The van der Waals surface area contributed by atoms with Gasteiger partial charge in [0.1, 0.15) is 0 Å². The fourth-order valence-electron chi connectivity index (χ4n) is 3.32. The highest BCUT2D eigenvalue weighted by Gasteiger charge is 2.25. The highest BCUT2D eigenvalue weighted by molar-refractivity contribution is 5.95. The van der Waals surface area contributed by atoms with E-state index in [4.69, 9.17) is 0 Å². The van der Waals surface area contributed by atoms with Gasteiger partial charge >= 0.3 is 0 Å². The Balaban J connectivity index is 1.94. The Labute approximate surface area is 185 Å². The quantitative estimate of drug-likeness (QED) is 0.576. The van der Waals surface area contributed by atoms with Crippen molar-refractivity contribution in [1.29, 1.82) is 0 Å². The van der Waals surface area contributed by atoms with Crippen molar-refractivity contribution in [2.45, 2.75) is 46.0 Å². The lowest BCUT2D eigenvalue weighted by molar-refractivity contribution is -0.137. The van der Waals surface area contributed by atoms with Gasteiger partial charge in [-0.15, -0.1) is 0 Å². The molecule has 0 radical (unpaired) electrons. The zero-order chi connectivity index (χ0) is 22.6. The number of carbonyl (C=O) groups excluding carboxylic acids is 3. The Morgan fingerprint density at radius 1 is 0.935 bits per heavy atom. The third kappa shape index (κ3) is 7.89. The minimum Gasteiger partial charge on any atom is -0.345 e. The van der Waals surface area contributed by atoms with E-state index in [0.29, 0.717) is 18.7 Å². The Morgan fingerprint density at radius 3 is 2.23 bits per heavy atom. The molecule has 2 aromatic rings. The van der Waals surface area contributed by atoms with Crippen molar-refractivity contribution in [3.05, 3.63) is 65.7 Å². The van der Waals surface area contributed by atoms with Gasteiger partial charge in [-0.25, -0.2) is 0 Å². The Bertz CT molecular complexity index is 850. The van der Waals surface area contributed by atoms with Crippen LogP contribution in [0.5, 0.6) is 0 Å². The van der Waals surface area contributed by atoms with Gasteiger partial charge in [-0.3, -0.25) is 14.4 Å². The molecule has 2 N–H and O–H groups in total. The third-order valence-corrected chi connectivity index (χ3v) is 5.12. The summed E-state index contributed by atoms with van der Waals surface area (Å²) >= 11 is 0. The topological polar surface area (TPSA) is 78.5 Å². The molecular formula is C25H33N3O3. The molecule has 31 heavy (non-hydrogen) atoms. The van der Waals surface area contributed by atoms with Gasteiger partial charge in [-0.2, -0.15) is 0 Å². The van der Waals surface area contributed by atoms with Crippen molar-refractivity contribution in [3.63, 3.8) is 0 Å². The van der Waals surface area contributed by atoms with E-state index < -0.39 is 0 Å². The van der Waals surface area contributed by atoms with Crippen molar-refractivity contribution in [2.24, 2.45) is 0 Å². The number of hydrogen-bond acceptors (Lipinski definition) is 3. The molecule has 0 fully saturated rings. The molecular weight excluding hydrogens is 390 g/mol. The first-order valence-electron chi connectivity index (χ1n) is 10.9. The summed E-state index contributed by atoms with van der Waals surface area (Å²) in [6.45, 7) is 6.31.